The first-order valence-corrected chi connectivity index (χ1v) is 10.2. The molecule has 4 N–H and O–H groups in total. The van der Waals surface area contributed by atoms with Gasteiger partial charge < -0.3 is 24.8 Å². The van der Waals surface area contributed by atoms with Gasteiger partial charge in [0.1, 0.15) is 11.5 Å². The molecule has 16 heteroatoms. The van der Waals surface area contributed by atoms with Crippen LogP contribution in [-0.4, -0.2) is 63.2 Å². The minimum atomic E-state index is -3.03. The molecule has 0 amide bonds. The van der Waals surface area contributed by atoms with Crippen LogP contribution in [0, 0.1) is 0 Å². The first-order valence-electron chi connectivity index (χ1n) is 10.2. The van der Waals surface area contributed by atoms with Crippen molar-refractivity contribution in [2.24, 2.45) is 0 Å². The van der Waals surface area contributed by atoms with Crippen molar-refractivity contribution < 1.29 is 70.8 Å². The van der Waals surface area contributed by atoms with Crippen LogP contribution in [0.2, 0.25) is 0 Å². The van der Waals surface area contributed by atoms with E-state index >= 15 is 0 Å². The number of carbonyl (C=O) groups excluding carboxylic acids is 1. The summed E-state index contributed by atoms with van der Waals surface area (Å²) in [5.41, 5.74) is 1.86. The van der Waals surface area contributed by atoms with Crippen molar-refractivity contribution in [3.05, 3.63) is 72.3 Å². The number of carboxylic acids is 1. The zero-order chi connectivity index (χ0) is 26.9. The number of halogens is 4. The van der Waals surface area contributed by atoms with Gasteiger partial charge in [-0.15, -0.1) is 0 Å². The number of methoxy groups -OCH3 is 1. The van der Waals surface area contributed by atoms with Gasteiger partial charge >= 0.3 is 44.0 Å². The number of nitrogens with one attached hydrogen (secondary N) is 2. The number of carbonyl (C=O) groups is 2. The summed E-state index contributed by atoms with van der Waals surface area (Å²) in [5.74, 6) is -2.16. The van der Waals surface area contributed by atoms with E-state index in [1.807, 2.05) is 0 Å². The van der Waals surface area contributed by atoms with Crippen LogP contribution in [0.15, 0.2) is 61.2 Å². The van der Waals surface area contributed by atoms with Crippen molar-refractivity contribution >= 4 is 11.9 Å². The molecule has 0 saturated heterocycles. The van der Waals surface area contributed by atoms with Gasteiger partial charge in [0.25, 0.3) is 0 Å². The zero-order valence-corrected chi connectivity index (χ0v) is 20.3. The molecule has 0 aliphatic heterocycles. The van der Waals surface area contributed by atoms with Crippen molar-refractivity contribution in [1.29, 1.82) is 0 Å². The molecule has 0 bridgehead atoms. The topological polar surface area (TPSA) is 169 Å². The Morgan fingerprint density at radius 1 is 0.821 bits per heavy atom. The molecule has 4 aromatic rings. The molecule has 0 aliphatic rings. The molecule has 0 fully saturated rings. The summed E-state index contributed by atoms with van der Waals surface area (Å²) in [6.45, 7) is -6.02. The zero-order valence-electron chi connectivity index (χ0n) is 20.3. The Kier molecular flexibility index (Phi) is 12.7. The van der Waals surface area contributed by atoms with E-state index in [1.54, 1.807) is 0 Å². The van der Waals surface area contributed by atoms with Gasteiger partial charge in [0.15, 0.2) is 0 Å². The second-order valence-electron chi connectivity index (χ2n) is 6.95. The number of esters is 1. The summed E-state index contributed by atoms with van der Waals surface area (Å²) < 4.78 is 62.6. The number of hydrogen-bond acceptors (Lipinski definition) is 8. The van der Waals surface area contributed by atoms with Crippen LogP contribution < -0.4 is 28.3 Å². The maximum absolute atomic E-state index is 12.4. The number of alkyl halides is 4. The average molecular weight is 546 g/mol. The number of hydrogen-bond donors (Lipinski definition) is 3. The Hall–Kier alpha value is -4.32. The molecule has 0 spiro atoms. The molecule has 2 aromatic carbocycles. The average Bonchev–Trinajstić information content (AvgIpc) is 3.58. The van der Waals surface area contributed by atoms with E-state index in [-0.39, 0.29) is 47.0 Å². The number of carboxylic acid groups (broad SMARTS) is 1. The van der Waals surface area contributed by atoms with E-state index in [2.05, 4.69) is 34.6 Å². The summed E-state index contributed by atoms with van der Waals surface area (Å²) >= 11 is 0. The van der Waals surface area contributed by atoms with E-state index < -0.39 is 25.2 Å². The van der Waals surface area contributed by atoms with Crippen LogP contribution in [0.3, 0.4) is 0 Å². The molecule has 0 saturated carbocycles. The number of rotatable bonds is 8. The number of benzene rings is 2. The van der Waals surface area contributed by atoms with Crippen LogP contribution in [0.5, 0.6) is 11.5 Å². The third kappa shape index (κ3) is 8.88. The summed E-state index contributed by atoms with van der Waals surface area (Å²) in [6, 6.07) is 7.92. The molecular formula is C23H19F4LiN4O7. The third-order valence-electron chi connectivity index (χ3n) is 4.68. The van der Waals surface area contributed by atoms with Gasteiger partial charge in [-0.05, 0) is 36.4 Å². The first kappa shape index (κ1) is 32.7. The molecule has 0 atom stereocenters. The molecule has 0 aliphatic carbocycles. The normalized spacial score (nSPS) is 10.0. The van der Waals surface area contributed by atoms with Gasteiger partial charge in [0.05, 0.1) is 30.6 Å². The number of nitrogens with zero attached hydrogens (tertiary/aromatic N) is 2. The van der Waals surface area contributed by atoms with Gasteiger partial charge in [0, 0.05) is 34.6 Å². The van der Waals surface area contributed by atoms with Crippen LogP contribution >= 0.6 is 0 Å². The smallest absolute Gasteiger partial charge is 0.870 e. The maximum Gasteiger partial charge on any atom is 1.00 e. The maximum atomic E-state index is 12.4. The summed E-state index contributed by atoms with van der Waals surface area (Å²) in [5, 5.41) is 21.3. The molecular weight excluding hydrogens is 527 g/mol. The second-order valence-corrected chi connectivity index (χ2v) is 6.95. The van der Waals surface area contributed by atoms with Crippen LogP contribution in [0.25, 0.3) is 22.3 Å². The Labute approximate surface area is 229 Å². The third-order valence-corrected chi connectivity index (χ3v) is 4.68. The fourth-order valence-electron chi connectivity index (χ4n) is 3.08. The van der Waals surface area contributed by atoms with Crippen molar-refractivity contribution in [3.63, 3.8) is 0 Å². The Bertz CT molecular complexity index is 1340. The Balaban J connectivity index is 0.000000371. The van der Waals surface area contributed by atoms with Gasteiger partial charge in [-0.3, -0.25) is 10.2 Å². The predicted molar refractivity (Wildman–Crippen MR) is 122 cm³/mol. The van der Waals surface area contributed by atoms with E-state index in [9.17, 15) is 27.2 Å². The number of aromatic nitrogens is 4. The van der Waals surface area contributed by atoms with Gasteiger partial charge in [0.2, 0.25) is 0 Å². The van der Waals surface area contributed by atoms with E-state index in [0.29, 0.717) is 22.3 Å². The van der Waals surface area contributed by atoms with E-state index in [1.165, 1.54) is 62.2 Å². The molecule has 0 unspecified atom stereocenters. The van der Waals surface area contributed by atoms with Gasteiger partial charge in [-0.1, -0.05) is 0 Å². The SMILES string of the molecule is COC(=O)c1ccc(-c2cn[nH]c2)c(OC(F)F)c1.O=C(O)c1ccc(-c2cn[nH]c2)c(OC(F)F)c1.[Li+].[OH-]. The Morgan fingerprint density at radius 3 is 1.62 bits per heavy atom. The first-order chi connectivity index (χ1) is 17.7. The van der Waals surface area contributed by atoms with Gasteiger partial charge in [-0.2, -0.15) is 27.8 Å². The number of H-pyrrole nitrogens is 2. The minimum Gasteiger partial charge on any atom is -0.870 e. The second kappa shape index (κ2) is 15.2. The van der Waals surface area contributed by atoms with E-state index in [4.69, 9.17) is 5.11 Å². The van der Waals surface area contributed by atoms with Crippen LogP contribution in [0.1, 0.15) is 20.7 Å². The molecule has 0 radical (unpaired) electrons. The largest absolute Gasteiger partial charge is 1.00 e. The molecule has 39 heavy (non-hydrogen) atoms. The van der Waals surface area contributed by atoms with E-state index in [0.717, 1.165) is 6.07 Å². The fraction of sp³-hybridized carbons (Fsp3) is 0.130. The van der Waals surface area contributed by atoms with Gasteiger partial charge in [-0.25, -0.2) is 9.59 Å². The summed E-state index contributed by atoms with van der Waals surface area (Å²) in [6.07, 6.45) is 5.92. The Morgan fingerprint density at radius 2 is 1.26 bits per heavy atom. The van der Waals surface area contributed by atoms with Crippen molar-refractivity contribution in [2.75, 3.05) is 7.11 Å². The monoisotopic (exact) mass is 546 g/mol. The molecule has 2 heterocycles. The summed E-state index contributed by atoms with van der Waals surface area (Å²) in [4.78, 5) is 22.1. The van der Waals surface area contributed by atoms with Crippen LogP contribution in [-0.2, 0) is 4.74 Å². The number of ether oxygens (including phenoxy) is 3. The van der Waals surface area contributed by atoms with Crippen molar-refractivity contribution in [2.45, 2.75) is 13.2 Å². The van der Waals surface area contributed by atoms with Crippen molar-refractivity contribution in [1.82, 2.24) is 20.4 Å². The molecule has 11 nitrogen and oxygen atoms in total. The van der Waals surface area contributed by atoms with Crippen molar-refractivity contribution in [3.8, 4) is 33.8 Å². The molecule has 2 aromatic heterocycles. The standard InChI is InChI=1S/C12H10F2N2O3.C11H8F2N2O3.Li.H2O/c1-18-11(17)7-2-3-9(8-5-15-16-6-8)10(4-7)19-12(13)14;12-11(13)18-9-3-6(10(16)17)1-2-8(9)7-4-14-15-5-7;;/h2-6,12H,1H3,(H,15,16);1-5,11H,(H,14,15)(H,16,17);;1H2/q;;+1;/p-1. The quantitative estimate of drug-likeness (QED) is 0.169. The minimum absolute atomic E-state index is 0. The van der Waals surface area contributed by atoms with Crippen LogP contribution in [0.4, 0.5) is 17.6 Å². The fourth-order valence-corrected chi connectivity index (χ4v) is 3.08. The summed E-state index contributed by atoms with van der Waals surface area (Å²) in [7, 11) is 1.21. The molecule has 202 valence electrons. The number of aromatic amines is 2. The molecule has 4 rings (SSSR count). The number of aromatic carboxylic acids is 1. The predicted octanol–water partition coefficient (Wildman–Crippen LogP) is 1.67.